The van der Waals surface area contributed by atoms with Crippen LogP contribution in [0.15, 0.2) is 40.2 Å². The van der Waals surface area contributed by atoms with E-state index in [2.05, 4.69) is 30.2 Å². The predicted molar refractivity (Wildman–Crippen MR) is 119 cm³/mol. The molecule has 3 rings (SSSR count). The normalized spacial score (nSPS) is 15.5. The van der Waals surface area contributed by atoms with E-state index < -0.39 is 12.8 Å². The minimum Gasteiger partial charge on any atom is -0.468 e. The fourth-order valence-electron chi connectivity index (χ4n) is 3.04. The van der Waals surface area contributed by atoms with Crippen molar-refractivity contribution in [3.8, 4) is 5.88 Å². The fraction of sp³-hybridized carbons (Fsp3) is 0.526. The lowest BCUT2D eigenvalue weighted by Crippen LogP contribution is -2.52. The first kappa shape index (κ1) is 25.2. The van der Waals surface area contributed by atoms with Crippen molar-refractivity contribution in [1.29, 1.82) is 0 Å². The number of ether oxygens (including phenoxy) is 1. The quantitative estimate of drug-likeness (QED) is 0.321. The first-order chi connectivity index (χ1) is 14.4. The predicted octanol–water partition coefficient (Wildman–Crippen LogP) is 2.91. The molecule has 0 saturated carbocycles. The zero-order chi connectivity index (χ0) is 21.4. The zero-order valence-electron chi connectivity index (χ0n) is 17.1. The Kier molecular flexibility index (Phi) is 9.81. The van der Waals surface area contributed by atoms with E-state index in [-0.39, 0.29) is 29.9 Å². The number of nitrogens with one attached hydrogen (secondary N) is 1. The number of hydrogen-bond acceptors (Lipinski definition) is 6. The SMILES string of the molecule is CCNC(=NCc1ccnc(OCC(F)(F)F)c1)N1CCN(Cc2ccon2)CC1.I. The molecule has 1 aliphatic rings. The summed E-state index contributed by atoms with van der Waals surface area (Å²) in [6.45, 7) is 5.74. The van der Waals surface area contributed by atoms with E-state index in [1.807, 2.05) is 13.0 Å². The smallest absolute Gasteiger partial charge is 0.422 e. The van der Waals surface area contributed by atoms with Gasteiger partial charge in [0.25, 0.3) is 0 Å². The Bertz CT molecular complexity index is 811. The molecular formula is C19H26F3IN6O2. The highest BCUT2D eigenvalue weighted by Crippen LogP contribution is 2.18. The van der Waals surface area contributed by atoms with E-state index in [0.29, 0.717) is 13.1 Å². The minimum absolute atomic E-state index is 0. The van der Waals surface area contributed by atoms with E-state index >= 15 is 0 Å². The Morgan fingerprint density at radius 1 is 1.26 bits per heavy atom. The second-order valence-electron chi connectivity index (χ2n) is 6.83. The average Bonchev–Trinajstić information content (AvgIpc) is 3.23. The molecule has 0 aliphatic carbocycles. The number of hydrogen-bond donors (Lipinski definition) is 1. The second kappa shape index (κ2) is 12.1. The monoisotopic (exact) mass is 554 g/mol. The standard InChI is InChI=1S/C19H25F3N6O2.HI/c1-2-23-18(28-8-6-27(7-9-28)13-16-4-10-30-26-16)25-12-15-3-5-24-17(11-15)29-14-19(20,21)22;/h3-5,10-11H,2,6-9,12-14H2,1H3,(H,23,25);1H. The van der Waals surface area contributed by atoms with Gasteiger partial charge in [0.1, 0.15) is 6.26 Å². The van der Waals surface area contributed by atoms with Gasteiger partial charge >= 0.3 is 6.18 Å². The lowest BCUT2D eigenvalue weighted by Gasteiger charge is -2.36. The third kappa shape index (κ3) is 8.51. The van der Waals surface area contributed by atoms with Crippen LogP contribution in [0.25, 0.3) is 0 Å². The van der Waals surface area contributed by atoms with E-state index in [1.165, 1.54) is 12.3 Å². The third-order valence-corrected chi connectivity index (χ3v) is 4.48. The van der Waals surface area contributed by atoms with Crippen LogP contribution in [-0.2, 0) is 13.1 Å². The summed E-state index contributed by atoms with van der Waals surface area (Å²) in [7, 11) is 0. The van der Waals surface area contributed by atoms with Gasteiger partial charge in [0.15, 0.2) is 12.6 Å². The second-order valence-corrected chi connectivity index (χ2v) is 6.83. The van der Waals surface area contributed by atoms with Gasteiger partial charge in [0.2, 0.25) is 5.88 Å². The summed E-state index contributed by atoms with van der Waals surface area (Å²) >= 11 is 0. The number of rotatable bonds is 7. The molecule has 1 fully saturated rings. The Balaban J connectivity index is 0.00000341. The molecule has 0 aromatic carbocycles. The van der Waals surface area contributed by atoms with Crippen LogP contribution in [0, 0.1) is 0 Å². The summed E-state index contributed by atoms with van der Waals surface area (Å²) in [5, 5.41) is 7.22. The highest BCUT2D eigenvalue weighted by atomic mass is 127. The molecule has 0 radical (unpaired) electrons. The van der Waals surface area contributed by atoms with Crippen molar-refractivity contribution in [2.75, 3.05) is 39.3 Å². The number of aromatic nitrogens is 2. The van der Waals surface area contributed by atoms with Gasteiger partial charge in [-0.25, -0.2) is 9.98 Å². The molecule has 1 saturated heterocycles. The summed E-state index contributed by atoms with van der Waals surface area (Å²) in [6, 6.07) is 5.05. The first-order valence-corrected chi connectivity index (χ1v) is 9.72. The molecule has 0 spiro atoms. The Hall–Kier alpha value is -2.09. The highest BCUT2D eigenvalue weighted by molar-refractivity contribution is 14.0. The molecule has 172 valence electrons. The number of aliphatic imine (C=N–C) groups is 1. The molecule has 31 heavy (non-hydrogen) atoms. The first-order valence-electron chi connectivity index (χ1n) is 9.72. The molecule has 8 nitrogen and oxygen atoms in total. The number of piperazine rings is 1. The van der Waals surface area contributed by atoms with Crippen molar-refractivity contribution in [1.82, 2.24) is 25.3 Å². The summed E-state index contributed by atoms with van der Waals surface area (Å²) in [6.07, 6.45) is -1.41. The topological polar surface area (TPSA) is 79.0 Å². The average molecular weight is 554 g/mol. The molecule has 0 amide bonds. The number of guanidine groups is 1. The van der Waals surface area contributed by atoms with Crippen LogP contribution >= 0.6 is 24.0 Å². The van der Waals surface area contributed by atoms with Gasteiger partial charge in [-0.2, -0.15) is 13.2 Å². The Morgan fingerprint density at radius 3 is 2.68 bits per heavy atom. The minimum atomic E-state index is -4.40. The van der Waals surface area contributed by atoms with Crippen molar-refractivity contribution in [3.63, 3.8) is 0 Å². The van der Waals surface area contributed by atoms with Crippen LogP contribution in [0.3, 0.4) is 0 Å². The molecule has 2 aromatic heterocycles. The van der Waals surface area contributed by atoms with E-state index in [4.69, 9.17) is 9.26 Å². The summed E-state index contributed by atoms with van der Waals surface area (Å²) < 4.78 is 46.5. The van der Waals surface area contributed by atoms with Crippen molar-refractivity contribution in [3.05, 3.63) is 41.9 Å². The van der Waals surface area contributed by atoms with Crippen LogP contribution in [-0.4, -0.2) is 71.4 Å². The zero-order valence-corrected chi connectivity index (χ0v) is 19.5. The highest BCUT2D eigenvalue weighted by Gasteiger charge is 2.28. The van der Waals surface area contributed by atoms with Gasteiger partial charge in [-0.3, -0.25) is 4.90 Å². The van der Waals surface area contributed by atoms with Crippen molar-refractivity contribution in [2.45, 2.75) is 26.2 Å². The maximum atomic E-state index is 12.3. The molecule has 0 atom stereocenters. The number of alkyl halides is 3. The maximum Gasteiger partial charge on any atom is 0.422 e. The van der Waals surface area contributed by atoms with Crippen molar-refractivity contribution < 1.29 is 22.4 Å². The Labute approximate surface area is 195 Å². The van der Waals surface area contributed by atoms with Crippen molar-refractivity contribution in [2.24, 2.45) is 4.99 Å². The number of halogens is 4. The number of nitrogens with zero attached hydrogens (tertiary/aromatic N) is 5. The van der Waals surface area contributed by atoms with Gasteiger partial charge in [0, 0.05) is 57.6 Å². The molecule has 0 bridgehead atoms. The summed E-state index contributed by atoms with van der Waals surface area (Å²) in [4.78, 5) is 12.9. The van der Waals surface area contributed by atoms with Crippen LogP contribution in [0.1, 0.15) is 18.2 Å². The summed E-state index contributed by atoms with van der Waals surface area (Å²) in [5.41, 5.74) is 1.63. The van der Waals surface area contributed by atoms with Gasteiger partial charge < -0.3 is 19.5 Å². The van der Waals surface area contributed by atoms with E-state index in [1.54, 1.807) is 12.3 Å². The van der Waals surface area contributed by atoms with Crippen LogP contribution < -0.4 is 10.1 Å². The Morgan fingerprint density at radius 2 is 2.03 bits per heavy atom. The van der Waals surface area contributed by atoms with Gasteiger partial charge in [-0.1, -0.05) is 5.16 Å². The van der Waals surface area contributed by atoms with Gasteiger partial charge in [0.05, 0.1) is 12.2 Å². The third-order valence-electron chi connectivity index (χ3n) is 4.48. The fourth-order valence-corrected chi connectivity index (χ4v) is 3.04. The van der Waals surface area contributed by atoms with Crippen molar-refractivity contribution >= 4 is 29.9 Å². The van der Waals surface area contributed by atoms with E-state index in [9.17, 15) is 13.2 Å². The van der Waals surface area contributed by atoms with Gasteiger partial charge in [-0.15, -0.1) is 24.0 Å². The maximum absolute atomic E-state index is 12.3. The van der Waals surface area contributed by atoms with Gasteiger partial charge in [-0.05, 0) is 18.6 Å². The summed E-state index contributed by atoms with van der Waals surface area (Å²) in [5.74, 6) is 0.708. The molecule has 2 aromatic rings. The molecule has 0 unspecified atom stereocenters. The van der Waals surface area contributed by atoms with Crippen LogP contribution in [0.4, 0.5) is 13.2 Å². The lowest BCUT2D eigenvalue weighted by atomic mass is 10.2. The molecule has 12 heteroatoms. The lowest BCUT2D eigenvalue weighted by molar-refractivity contribution is -0.154. The molecule has 3 heterocycles. The molecular weight excluding hydrogens is 528 g/mol. The molecule has 1 N–H and O–H groups in total. The molecule has 1 aliphatic heterocycles. The number of pyridine rings is 1. The largest absolute Gasteiger partial charge is 0.468 e. The van der Waals surface area contributed by atoms with Crippen LogP contribution in [0.2, 0.25) is 0 Å². The van der Waals surface area contributed by atoms with E-state index in [0.717, 1.165) is 49.9 Å². The van der Waals surface area contributed by atoms with Crippen LogP contribution in [0.5, 0.6) is 5.88 Å².